The maximum absolute atomic E-state index is 13.3. The van der Waals surface area contributed by atoms with Crippen molar-refractivity contribution in [3.05, 3.63) is 130 Å². The molecular weight excluding hydrogens is 555 g/mol. The molecule has 42 heavy (non-hydrogen) atoms. The van der Waals surface area contributed by atoms with Gasteiger partial charge >= 0.3 is 11.9 Å². The van der Waals surface area contributed by atoms with Crippen LogP contribution in [-0.4, -0.2) is 11.9 Å². The molecule has 0 aromatic heterocycles. The maximum atomic E-state index is 13.3. The van der Waals surface area contributed by atoms with Crippen LogP contribution in [-0.2, 0) is 12.8 Å². The summed E-state index contributed by atoms with van der Waals surface area (Å²) >= 11 is 0. The lowest BCUT2D eigenvalue weighted by atomic mass is 10.0. The van der Waals surface area contributed by atoms with Crippen LogP contribution in [0.3, 0.4) is 0 Å². The van der Waals surface area contributed by atoms with Crippen LogP contribution in [0.15, 0.2) is 78.9 Å². The molecular formula is C33H27F5O4. The van der Waals surface area contributed by atoms with Crippen molar-refractivity contribution in [3.8, 4) is 11.5 Å². The normalized spacial score (nSPS) is 10.9. The highest BCUT2D eigenvalue weighted by atomic mass is 19.2. The van der Waals surface area contributed by atoms with Crippen LogP contribution in [0.5, 0.6) is 11.5 Å². The number of hydrogen-bond donors (Lipinski definition) is 0. The molecule has 0 amide bonds. The molecule has 218 valence electrons. The fourth-order valence-corrected chi connectivity index (χ4v) is 4.31. The summed E-state index contributed by atoms with van der Waals surface area (Å²) in [5.41, 5.74) is 2.59. The van der Waals surface area contributed by atoms with Crippen LogP contribution < -0.4 is 9.47 Å². The molecule has 0 radical (unpaired) electrons. The number of halogens is 5. The van der Waals surface area contributed by atoms with E-state index in [1.807, 2.05) is 12.1 Å². The molecule has 9 heteroatoms. The molecule has 0 unspecified atom stereocenters. The molecule has 0 N–H and O–H groups in total. The number of unbranched alkanes of at least 4 members (excludes halogenated alkanes) is 4. The highest BCUT2D eigenvalue weighted by molar-refractivity contribution is 5.91. The highest BCUT2D eigenvalue weighted by Crippen LogP contribution is 2.21. The number of esters is 2. The summed E-state index contributed by atoms with van der Waals surface area (Å²) in [7, 11) is 0. The fraction of sp³-hybridized carbons (Fsp3) is 0.212. The Hall–Kier alpha value is -4.53. The van der Waals surface area contributed by atoms with Crippen LogP contribution in [0.4, 0.5) is 22.0 Å². The van der Waals surface area contributed by atoms with E-state index in [1.54, 1.807) is 36.4 Å². The van der Waals surface area contributed by atoms with Crippen LogP contribution in [0.25, 0.3) is 0 Å². The van der Waals surface area contributed by atoms with Crippen molar-refractivity contribution >= 4 is 11.9 Å². The van der Waals surface area contributed by atoms with Crippen LogP contribution in [0.1, 0.15) is 63.9 Å². The standard InChI is InChI=1S/C33H27F5O4/c34-25-16-26(35)18-27(17-25)41-32(39)23-12-8-21(9-13-23)6-4-2-1-3-5-7-22-10-14-24(15-11-22)33(40)42-28-19-29(36)31(38)30(37)20-28/h8-20H,1-7H2. The van der Waals surface area contributed by atoms with Crippen molar-refractivity contribution in [1.29, 1.82) is 0 Å². The summed E-state index contributed by atoms with van der Waals surface area (Å²) in [6.45, 7) is 0. The Labute approximate surface area is 239 Å². The van der Waals surface area contributed by atoms with E-state index in [0.29, 0.717) is 18.2 Å². The van der Waals surface area contributed by atoms with Crippen LogP contribution in [0.2, 0.25) is 0 Å². The monoisotopic (exact) mass is 582 g/mol. The van der Waals surface area contributed by atoms with Gasteiger partial charge in [-0.3, -0.25) is 0 Å². The molecule has 0 fully saturated rings. The van der Waals surface area contributed by atoms with E-state index in [9.17, 15) is 31.5 Å². The number of rotatable bonds is 12. The van der Waals surface area contributed by atoms with E-state index in [2.05, 4.69) is 0 Å². The summed E-state index contributed by atoms with van der Waals surface area (Å²) in [6.07, 6.45) is 6.71. The second-order valence-electron chi connectivity index (χ2n) is 9.75. The van der Waals surface area contributed by atoms with E-state index < -0.39 is 46.8 Å². The lowest BCUT2D eigenvalue weighted by Gasteiger charge is -2.07. The average Bonchev–Trinajstić information content (AvgIpc) is 2.95. The number of aryl methyl sites for hydroxylation is 2. The van der Waals surface area contributed by atoms with Gasteiger partial charge in [-0.2, -0.15) is 0 Å². The molecule has 0 atom stereocenters. The van der Waals surface area contributed by atoms with Gasteiger partial charge in [-0.1, -0.05) is 43.5 Å². The second-order valence-corrected chi connectivity index (χ2v) is 9.75. The van der Waals surface area contributed by atoms with Crippen molar-refractivity contribution in [1.82, 2.24) is 0 Å². The van der Waals surface area contributed by atoms with E-state index in [4.69, 9.17) is 9.47 Å². The maximum Gasteiger partial charge on any atom is 0.343 e. The Kier molecular flexibility index (Phi) is 10.4. The minimum Gasteiger partial charge on any atom is -0.423 e. The predicted octanol–water partition coefficient (Wildman–Crippen LogP) is 8.56. The van der Waals surface area contributed by atoms with Gasteiger partial charge in [-0.25, -0.2) is 31.5 Å². The lowest BCUT2D eigenvalue weighted by molar-refractivity contribution is 0.0724. The first-order valence-corrected chi connectivity index (χ1v) is 13.4. The molecule has 0 saturated heterocycles. The summed E-state index contributed by atoms with van der Waals surface area (Å²) in [6, 6.07) is 17.4. The van der Waals surface area contributed by atoms with Crippen LogP contribution >= 0.6 is 0 Å². The predicted molar refractivity (Wildman–Crippen MR) is 146 cm³/mol. The Morgan fingerprint density at radius 2 is 0.881 bits per heavy atom. The zero-order chi connectivity index (χ0) is 30.1. The van der Waals surface area contributed by atoms with Gasteiger partial charge in [0.2, 0.25) is 0 Å². The average molecular weight is 583 g/mol. The summed E-state index contributed by atoms with van der Waals surface area (Å²) in [5, 5.41) is 0. The van der Waals surface area contributed by atoms with Crippen molar-refractivity contribution in [3.63, 3.8) is 0 Å². The lowest BCUT2D eigenvalue weighted by Crippen LogP contribution is -2.09. The Bertz CT molecular complexity index is 1490. The third kappa shape index (κ3) is 8.73. The van der Waals surface area contributed by atoms with E-state index in [-0.39, 0.29) is 16.9 Å². The second kappa shape index (κ2) is 14.4. The third-order valence-electron chi connectivity index (χ3n) is 6.52. The van der Waals surface area contributed by atoms with E-state index >= 15 is 0 Å². The molecule has 0 saturated carbocycles. The van der Waals surface area contributed by atoms with E-state index in [0.717, 1.165) is 68.2 Å². The number of ether oxygens (including phenoxy) is 2. The van der Waals surface area contributed by atoms with Gasteiger partial charge in [0.15, 0.2) is 17.5 Å². The van der Waals surface area contributed by atoms with Crippen molar-refractivity contribution in [2.45, 2.75) is 44.9 Å². The van der Waals surface area contributed by atoms with Gasteiger partial charge in [0, 0.05) is 30.3 Å². The van der Waals surface area contributed by atoms with Gasteiger partial charge < -0.3 is 9.47 Å². The fourth-order valence-electron chi connectivity index (χ4n) is 4.31. The summed E-state index contributed by atoms with van der Waals surface area (Å²) in [5.74, 6) is -8.27. The molecule has 0 bridgehead atoms. The first-order chi connectivity index (χ1) is 20.2. The van der Waals surface area contributed by atoms with Crippen molar-refractivity contribution in [2.24, 2.45) is 0 Å². The molecule has 4 aromatic carbocycles. The topological polar surface area (TPSA) is 52.6 Å². The molecule has 0 aliphatic carbocycles. The van der Waals surface area contributed by atoms with Gasteiger partial charge in [-0.15, -0.1) is 0 Å². The SMILES string of the molecule is O=C(Oc1cc(F)cc(F)c1)c1ccc(CCCCCCCc2ccc(C(=O)Oc3cc(F)c(F)c(F)c3)cc2)cc1. The molecule has 0 heterocycles. The van der Waals surface area contributed by atoms with Gasteiger partial charge in [0.1, 0.15) is 23.1 Å². The number of hydrogen-bond acceptors (Lipinski definition) is 4. The first kappa shape index (κ1) is 30.4. The summed E-state index contributed by atoms with van der Waals surface area (Å²) < 4.78 is 76.2. The molecule has 4 nitrogen and oxygen atoms in total. The van der Waals surface area contributed by atoms with Gasteiger partial charge in [-0.05, 0) is 61.1 Å². The molecule has 0 aliphatic rings. The quantitative estimate of drug-likeness (QED) is 0.0552. The van der Waals surface area contributed by atoms with Gasteiger partial charge in [0.05, 0.1) is 11.1 Å². The largest absolute Gasteiger partial charge is 0.423 e. The molecule has 0 spiro atoms. The molecule has 0 aliphatic heterocycles. The number of benzene rings is 4. The summed E-state index contributed by atoms with van der Waals surface area (Å²) in [4.78, 5) is 24.5. The highest BCUT2D eigenvalue weighted by Gasteiger charge is 2.15. The molecule has 4 rings (SSSR count). The zero-order valence-corrected chi connectivity index (χ0v) is 22.5. The number of carbonyl (C=O) groups is 2. The number of carbonyl (C=O) groups excluding carboxylic acids is 2. The van der Waals surface area contributed by atoms with Crippen molar-refractivity contribution < 1.29 is 41.0 Å². The Morgan fingerprint density at radius 1 is 0.500 bits per heavy atom. The first-order valence-electron chi connectivity index (χ1n) is 13.4. The Morgan fingerprint density at radius 3 is 1.31 bits per heavy atom. The van der Waals surface area contributed by atoms with E-state index in [1.165, 1.54) is 0 Å². The Balaban J connectivity index is 1.12. The molecule has 4 aromatic rings. The smallest absolute Gasteiger partial charge is 0.343 e. The minimum atomic E-state index is -1.63. The van der Waals surface area contributed by atoms with Gasteiger partial charge in [0.25, 0.3) is 0 Å². The van der Waals surface area contributed by atoms with Crippen LogP contribution in [0, 0.1) is 29.1 Å². The van der Waals surface area contributed by atoms with Crippen molar-refractivity contribution in [2.75, 3.05) is 0 Å². The minimum absolute atomic E-state index is 0.195. The zero-order valence-electron chi connectivity index (χ0n) is 22.5. The third-order valence-corrected chi connectivity index (χ3v) is 6.52.